The first-order chi connectivity index (χ1) is 12.6. The monoisotopic (exact) mass is 404 g/mol. The number of hydrogen-bond acceptors (Lipinski definition) is 4. The van der Waals surface area contributed by atoms with Crippen LogP contribution in [0, 0.1) is 5.82 Å². The second-order valence-corrected chi connectivity index (χ2v) is 8.28. The van der Waals surface area contributed by atoms with Crippen molar-refractivity contribution >= 4 is 35.1 Å². The zero-order valence-corrected chi connectivity index (χ0v) is 16.0. The number of nitrogens with zero attached hydrogens (tertiary/aromatic N) is 2. The topological polar surface area (TPSA) is 34.9 Å². The van der Waals surface area contributed by atoms with E-state index >= 15 is 0 Å². The van der Waals surface area contributed by atoms with Gasteiger partial charge in [0.15, 0.2) is 5.16 Å². The van der Waals surface area contributed by atoms with Crippen LogP contribution < -0.4 is 5.56 Å². The molecule has 1 aliphatic heterocycles. The maximum Gasteiger partial charge on any atom is 0.272 e. The van der Waals surface area contributed by atoms with Gasteiger partial charge in [0.25, 0.3) is 5.56 Å². The Bertz CT molecular complexity index is 1000. The molecule has 2 aromatic carbocycles. The molecule has 0 bridgehead atoms. The van der Waals surface area contributed by atoms with Gasteiger partial charge in [-0.05, 0) is 42.0 Å². The largest absolute Gasteiger partial charge is 0.272 e. The lowest BCUT2D eigenvalue weighted by atomic mass is 10.2. The predicted molar refractivity (Wildman–Crippen MR) is 105 cm³/mol. The smallest absolute Gasteiger partial charge is 0.268 e. The van der Waals surface area contributed by atoms with Gasteiger partial charge in [0.1, 0.15) is 5.82 Å². The molecule has 0 saturated heterocycles. The summed E-state index contributed by atoms with van der Waals surface area (Å²) >= 11 is 8.96. The van der Waals surface area contributed by atoms with E-state index in [1.807, 2.05) is 24.3 Å². The molecule has 3 nitrogen and oxygen atoms in total. The van der Waals surface area contributed by atoms with E-state index in [2.05, 4.69) is 0 Å². The molecular formula is C19H14ClFN2OS2. The lowest BCUT2D eigenvalue weighted by Crippen LogP contribution is -2.23. The molecule has 1 aromatic heterocycles. The Hall–Kier alpha value is -1.76. The summed E-state index contributed by atoms with van der Waals surface area (Å²) < 4.78 is 14.9. The molecule has 0 radical (unpaired) electrons. The van der Waals surface area contributed by atoms with Gasteiger partial charge in [-0.3, -0.25) is 9.36 Å². The van der Waals surface area contributed by atoms with E-state index < -0.39 is 0 Å². The van der Waals surface area contributed by atoms with E-state index in [4.69, 9.17) is 16.6 Å². The molecule has 3 aromatic rings. The van der Waals surface area contributed by atoms with E-state index in [1.165, 1.54) is 35.7 Å². The van der Waals surface area contributed by atoms with Gasteiger partial charge in [-0.2, -0.15) is 0 Å². The van der Waals surface area contributed by atoms with Crippen LogP contribution in [-0.2, 0) is 12.2 Å². The van der Waals surface area contributed by atoms with Gasteiger partial charge in [-0.1, -0.05) is 35.5 Å². The number of hydrogen-bond donors (Lipinski definition) is 0. The number of benzene rings is 2. The van der Waals surface area contributed by atoms with Crippen LogP contribution in [0.3, 0.4) is 0 Å². The predicted octanol–water partition coefficient (Wildman–Crippen LogP) is 4.97. The Morgan fingerprint density at radius 3 is 2.62 bits per heavy atom. The normalized spacial score (nSPS) is 13.0. The highest BCUT2D eigenvalue weighted by Gasteiger charge is 2.22. The third-order valence-electron chi connectivity index (χ3n) is 4.03. The van der Waals surface area contributed by atoms with Crippen molar-refractivity contribution < 1.29 is 4.39 Å². The minimum Gasteiger partial charge on any atom is -0.268 e. The molecule has 7 heteroatoms. The third kappa shape index (κ3) is 3.54. The number of halogens is 2. The van der Waals surface area contributed by atoms with Crippen LogP contribution in [0.4, 0.5) is 4.39 Å². The molecule has 0 N–H and O–H groups in total. The molecular weight excluding hydrogens is 391 g/mol. The molecule has 0 atom stereocenters. The standard InChI is InChI=1S/C19H14ClFN2OS2/c20-13-3-1-12(2-4-13)11-26-19-22-16-9-10-25-17(16)18(24)23(19)15-7-5-14(21)6-8-15/h1-8H,9-11H2. The fraction of sp³-hybridized carbons (Fsp3) is 0.158. The second-order valence-electron chi connectivity index (χ2n) is 5.80. The highest BCUT2D eigenvalue weighted by atomic mass is 35.5. The van der Waals surface area contributed by atoms with Crippen LogP contribution in [-0.4, -0.2) is 15.3 Å². The zero-order valence-electron chi connectivity index (χ0n) is 13.6. The van der Waals surface area contributed by atoms with Crippen LogP contribution in [0.15, 0.2) is 63.4 Å². The van der Waals surface area contributed by atoms with Crippen LogP contribution >= 0.6 is 35.1 Å². The summed E-state index contributed by atoms with van der Waals surface area (Å²) in [6, 6.07) is 13.5. The van der Waals surface area contributed by atoms with Crippen molar-refractivity contribution in [2.24, 2.45) is 0 Å². The molecule has 0 saturated carbocycles. The Kier molecular flexibility index (Phi) is 5.07. The number of aromatic nitrogens is 2. The molecule has 1 aliphatic rings. The van der Waals surface area contributed by atoms with Gasteiger partial charge in [-0.15, -0.1) is 11.8 Å². The van der Waals surface area contributed by atoms with Crippen LogP contribution in [0.1, 0.15) is 11.3 Å². The molecule has 2 heterocycles. The minimum atomic E-state index is -0.333. The number of rotatable bonds is 4. The maximum atomic E-state index is 13.3. The van der Waals surface area contributed by atoms with Crippen LogP contribution in [0.2, 0.25) is 5.02 Å². The maximum absolute atomic E-state index is 13.3. The average molecular weight is 405 g/mol. The highest BCUT2D eigenvalue weighted by molar-refractivity contribution is 7.99. The molecule has 0 fully saturated rings. The van der Waals surface area contributed by atoms with Gasteiger partial charge in [0, 0.05) is 22.9 Å². The van der Waals surface area contributed by atoms with Crippen LogP contribution in [0.25, 0.3) is 5.69 Å². The number of thioether (sulfide) groups is 2. The minimum absolute atomic E-state index is 0.0808. The fourth-order valence-corrected chi connectivity index (χ4v) is 4.87. The quantitative estimate of drug-likeness (QED) is 0.454. The molecule has 4 rings (SSSR count). The Morgan fingerprint density at radius 2 is 1.88 bits per heavy atom. The Labute approximate surface area is 163 Å². The van der Waals surface area contributed by atoms with Gasteiger partial charge in [0.2, 0.25) is 0 Å². The molecule has 132 valence electrons. The Morgan fingerprint density at radius 1 is 1.15 bits per heavy atom. The Balaban J connectivity index is 1.75. The van der Waals surface area contributed by atoms with Gasteiger partial charge in [0.05, 0.1) is 16.3 Å². The summed E-state index contributed by atoms with van der Waals surface area (Å²) in [4.78, 5) is 18.4. The molecule has 0 aliphatic carbocycles. The highest BCUT2D eigenvalue weighted by Crippen LogP contribution is 2.31. The lowest BCUT2D eigenvalue weighted by molar-refractivity contribution is 0.626. The van der Waals surface area contributed by atoms with Crippen molar-refractivity contribution in [3.8, 4) is 5.69 Å². The molecule has 26 heavy (non-hydrogen) atoms. The fourth-order valence-electron chi connectivity index (χ4n) is 2.74. The summed E-state index contributed by atoms with van der Waals surface area (Å²) in [5.74, 6) is 1.20. The number of fused-ring (bicyclic) bond motifs is 1. The van der Waals surface area contributed by atoms with E-state index in [9.17, 15) is 9.18 Å². The number of aryl methyl sites for hydroxylation is 1. The van der Waals surface area contributed by atoms with Crippen LogP contribution in [0.5, 0.6) is 0 Å². The van der Waals surface area contributed by atoms with Crippen molar-refractivity contribution in [3.63, 3.8) is 0 Å². The van der Waals surface area contributed by atoms with Crippen molar-refractivity contribution in [3.05, 3.63) is 81.0 Å². The van der Waals surface area contributed by atoms with Gasteiger partial charge >= 0.3 is 0 Å². The third-order valence-corrected chi connectivity index (χ3v) is 6.40. The van der Waals surface area contributed by atoms with Crippen molar-refractivity contribution in [1.29, 1.82) is 0 Å². The summed E-state index contributed by atoms with van der Waals surface area (Å²) in [5.41, 5.74) is 2.49. The SMILES string of the molecule is O=c1c2c(nc(SCc3ccc(Cl)cc3)n1-c1ccc(F)cc1)CCS2. The van der Waals surface area contributed by atoms with Gasteiger partial charge < -0.3 is 0 Å². The zero-order chi connectivity index (χ0) is 18.1. The molecule has 0 spiro atoms. The summed E-state index contributed by atoms with van der Waals surface area (Å²) in [6.07, 6.45) is 0.800. The van der Waals surface area contributed by atoms with E-state index in [0.717, 1.165) is 23.4 Å². The first kappa shape index (κ1) is 17.6. The first-order valence-corrected chi connectivity index (χ1v) is 10.4. The van der Waals surface area contributed by atoms with Crippen molar-refractivity contribution in [2.45, 2.75) is 22.2 Å². The van der Waals surface area contributed by atoms with E-state index in [1.54, 1.807) is 16.7 Å². The van der Waals surface area contributed by atoms with E-state index in [-0.39, 0.29) is 11.4 Å². The second kappa shape index (κ2) is 7.47. The average Bonchev–Trinajstić information content (AvgIpc) is 3.11. The summed E-state index contributed by atoms with van der Waals surface area (Å²) in [7, 11) is 0. The van der Waals surface area contributed by atoms with E-state index in [0.29, 0.717) is 26.5 Å². The van der Waals surface area contributed by atoms with Gasteiger partial charge in [-0.25, -0.2) is 9.37 Å². The van der Waals surface area contributed by atoms with Crippen molar-refractivity contribution in [1.82, 2.24) is 9.55 Å². The van der Waals surface area contributed by atoms with Crippen molar-refractivity contribution in [2.75, 3.05) is 5.75 Å². The lowest BCUT2D eigenvalue weighted by Gasteiger charge is -2.13. The summed E-state index contributed by atoms with van der Waals surface area (Å²) in [5, 5.41) is 1.31. The molecule has 0 amide bonds. The summed E-state index contributed by atoms with van der Waals surface area (Å²) in [6.45, 7) is 0. The first-order valence-electron chi connectivity index (χ1n) is 8.04. The molecule has 0 unspecified atom stereocenters.